The number of unbranched alkanes of at least 4 members (excludes halogenated alkanes) is 2. The zero-order valence-electron chi connectivity index (χ0n) is 33.0. The average Bonchev–Trinajstić information content (AvgIpc) is 4.05. The Bertz CT molecular complexity index is 1900. The third-order valence-corrected chi connectivity index (χ3v) is 10.8. The van der Waals surface area contributed by atoms with E-state index in [2.05, 4.69) is 69.1 Å². The van der Waals surface area contributed by atoms with Crippen molar-refractivity contribution in [3.05, 3.63) is 72.3 Å². The van der Waals surface area contributed by atoms with Gasteiger partial charge in [-0.3, -0.25) is 14.6 Å². The fourth-order valence-corrected chi connectivity index (χ4v) is 7.57. The number of hydrogen-bond donors (Lipinski definition) is 3. The van der Waals surface area contributed by atoms with Crippen LogP contribution in [0.25, 0.3) is 28.0 Å². The Kier molecular flexibility index (Phi) is 13.6. The summed E-state index contributed by atoms with van der Waals surface area (Å²) in [4.78, 5) is 67.4. The number of benzene rings is 2. The Morgan fingerprint density at radius 2 is 1.25 bits per heavy atom. The highest BCUT2D eigenvalue weighted by Gasteiger charge is 2.37. The number of carbonyl (C=O) groups excluding carboxylic acids is 4. The normalized spacial score (nSPS) is 18.9. The lowest BCUT2D eigenvalue weighted by molar-refractivity contribution is -0.134. The molecule has 0 saturated carbocycles. The summed E-state index contributed by atoms with van der Waals surface area (Å²) in [5, 5.41) is 5.35. The highest BCUT2D eigenvalue weighted by molar-refractivity contribution is 6.03. The van der Waals surface area contributed by atoms with Gasteiger partial charge in [-0.05, 0) is 80.2 Å². The Morgan fingerprint density at radius 3 is 1.80 bits per heavy atom. The van der Waals surface area contributed by atoms with Crippen molar-refractivity contribution in [2.45, 2.75) is 110 Å². The Morgan fingerprint density at radius 1 is 0.750 bits per heavy atom. The molecule has 3 aliphatic rings. The van der Waals surface area contributed by atoms with Gasteiger partial charge in [-0.1, -0.05) is 75.2 Å². The number of amides is 4. The molecule has 1 unspecified atom stereocenters. The van der Waals surface area contributed by atoms with E-state index in [-0.39, 0.29) is 23.9 Å². The number of likely N-dealkylation sites (tertiary alicyclic amines) is 2. The molecular weight excluding hydrogens is 711 g/mol. The number of H-pyrrole nitrogens is 1. The van der Waals surface area contributed by atoms with E-state index >= 15 is 0 Å². The van der Waals surface area contributed by atoms with E-state index < -0.39 is 24.3 Å². The minimum absolute atomic E-state index is 0.0849. The van der Waals surface area contributed by atoms with E-state index in [0.717, 1.165) is 96.4 Å². The van der Waals surface area contributed by atoms with Crippen LogP contribution in [-0.2, 0) is 19.1 Å². The summed E-state index contributed by atoms with van der Waals surface area (Å²) in [7, 11) is 0. The first kappa shape index (κ1) is 40.2. The molecule has 2 saturated heterocycles. The number of aromatic amines is 1. The lowest BCUT2D eigenvalue weighted by Crippen LogP contribution is -2.50. The van der Waals surface area contributed by atoms with Gasteiger partial charge in [0.05, 0.1) is 37.2 Å². The van der Waals surface area contributed by atoms with Gasteiger partial charge >= 0.3 is 12.2 Å². The van der Waals surface area contributed by atoms with Crippen LogP contribution in [0.3, 0.4) is 0 Å². The number of ether oxygens (including phenoxy) is 2. The zero-order valence-corrected chi connectivity index (χ0v) is 33.0. The fraction of sp³-hybridized carbons (Fsp3) is 0.488. The predicted molar refractivity (Wildman–Crippen MR) is 216 cm³/mol. The van der Waals surface area contributed by atoms with Crippen molar-refractivity contribution in [2.24, 2.45) is 4.99 Å². The van der Waals surface area contributed by atoms with Gasteiger partial charge in [-0.2, -0.15) is 0 Å². The minimum atomic E-state index is -0.700. The molecule has 2 fully saturated rings. The molecule has 0 aliphatic carbocycles. The summed E-state index contributed by atoms with van der Waals surface area (Å²) in [5.41, 5.74) is 7.20. The van der Waals surface area contributed by atoms with Crippen LogP contribution in [-0.4, -0.2) is 93.9 Å². The third-order valence-electron chi connectivity index (χ3n) is 10.8. The second-order valence-electron chi connectivity index (χ2n) is 14.9. The van der Waals surface area contributed by atoms with E-state index in [1.54, 1.807) is 18.7 Å². The maximum Gasteiger partial charge on any atom is 0.407 e. The highest BCUT2D eigenvalue weighted by Crippen LogP contribution is 2.34. The van der Waals surface area contributed by atoms with Crippen LogP contribution in [0.15, 0.2) is 65.9 Å². The van der Waals surface area contributed by atoms with Crippen molar-refractivity contribution in [1.82, 2.24) is 30.4 Å². The minimum Gasteiger partial charge on any atom is -0.450 e. The van der Waals surface area contributed by atoms with Crippen LogP contribution < -0.4 is 10.6 Å². The second kappa shape index (κ2) is 18.9. The largest absolute Gasteiger partial charge is 0.450 e. The number of alkyl carbamates (subject to hydrolysis) is 2. The lowest BCUT2D eigenvalue weighted by Gasteiger charge is -2.28. The number of allylic oxidation sites excluding steroid dienone is 1. The molecule has 0 spiro atoms. The summed E-state index contributed by atoms with van der Waals surface area (Å²) in [6.45, 7) is 9.36. The molecule has 0 radical (unpaired) electrons. The zero-order chi connectivity index (χ0) is 39.6. The van der Waals surface area contributed by atoms with Gasteiger partial charge in [0.15, 0.2) is 0 Å². The van der Waals surface area contributed by atoms with E-state index in [1.165, 1.54) is 0 Å². The topological polar surface area (TPSA) is 158 Å². The Hall–Kier alpha value is -5.46. The van der Waals surface area contributed by atoms with Crippen LogP contribution in [0.4, 0.5) is 9.59 Å². The van der Waals surface area contributed by atoms with Crippen molar-refractivity contribution >= 4 is 35.3 Å². The summed E-state index contributed by atoms with van der Waals surface area (Å²) >= 11 is 0. The fourth-order valence-electron chi connectivity index (χ4n) is 7.57. The molecule has 2 aromatic carbocycles. The Labute approximate surface area is 329 Å². The van der Waals surface area contributed by atoms with Crippen LogP contribution in [0.1, 0.15) is 103 Å². The molecule has 13 nitrogen and oxygen atoms in total. The number of imidazole rings is 1. The summed E-state index contributed by atoms with van der Waals surface area (Å²) in [6, 6.07) is 15.1. The molecule has 4 heterocycles. The SMILES string of the molecule is CCCCOC(=O)N[C@@H](C)C(=O)N1CCCC1c1ncc(-c2ccc(-c3ccc(C4=CN=C([C@@H]5CCCN5C(=O)[C@H](C)NC(=O)OCCCC)C4)cc3)cc2)[nH]1. The van der Waals surface area contributed by atoms with Gasteiger partial charge in [0.2, 0.25) is 11.8 Å². The van der Waals surface area contributed by atoms with Gasteiger partial charge in [0, 0.05) is 31.4 Å². The van der Waals surface area contributed by atoms with Crippen LogP contribution in [0, 0.1) is 0 Å². The predicted octanol–water partition coefficient (Wildman–Crippen LogP) is 7.41. The van der Waals surface area contributed by atoms with E-state index in [1.807, 2.05) is 31.1 Å². The monoisotopic (exact) mass is 765 g/mol. The maximum absolute atomic E-state index is 13.3. The first-order chi connectivity index (χ1) is 27.2. The number of hydrogen-bond acceptors (Lipinski definition) is 8. The number of aliphatic imine (C=N–C) groups is 1. The number of aromatic nitrogens is 2. The molecule has 56 heavy (non-hydrogen) atoms. The van der Waals surface area contributed by atoms with Gasteiger partial charge in [0.25, 0.3) is 0 Å². The van der Waals surface area contributed by atoms with Crippen LogP contribution in [0.5, 0.6) is 0 Å². The quantitative estimate of drug-likeness (QED) is 0.136. The Balaban J connectivity index is 1.01. The number of nitrogens with zero attached hydrogens (tertiary/aromatic N) is 4. The standard InChI is InChI=1S/C43H55N7O6/c1-5-7-23-55-42(53)46-28(3)40(51)49-21-9-11-37(49)35-25-34(26-44-35)32-15-13-30(14-16-32)31-17-19-33(20-18-31)36-27-45-39(48-36)38-12-10-22-50(38)41(52)29(4)47-43(54)56-24-8-6-2/h13-20,26-29,37-38H,5-12,21-25H2,1-4H3,(H,45,48)(H,46,53)(H,47,54)/t28-,29-,37-,38?/m0/s1. The third kappa shape index (κ3) is 9.66. The highest BCUT2D eigenvalue weighted by atomic mass is 16.6. The van der Waals surface area contributed by atoms with E-state index in [9.17, 15) is 19.2 Å². The average molecular weight is 766 g/mol. The maximum atomic E-state index is 13.3. The molecular formula is C43H55N7O6. The van der Waals surface area contributed by atoms with Gasteiger partial charge in [0.1, 0.15) is 17.9 Å². The van der Waals surface area contributed by atoms with E-state index in [0.29, 0.717) is 32.7 Å². The van der Waals surface area contributed by atoms with Crippen molar-refractivity contribution in [1.29, 1.82) is 0 Å². The van der Waals surface area contributed by atoms with Gasteiger partial charge in [-0.15, -0.1) is 0 Å². The lowest BCUT2D eigenvalue weighted by atomic mass is 9.96. The molecule has 4 atom stereocenters. The van der Waals surface area contributed by atoms with Crippen LogP contribution in [0.2, 0.25) is 0 Å². The number of rotatable bonds is 15. The molecule has 298 valence electrons. The molecule has 6 rings (SSSR count). The van der Waals surface area contributed by atoms with Gasteiger partial charge < -0.3 is 34.9 Å². The molecule has 3 aromatic rings. The molecule has 3 aliphatic heterocycles. The smallest absolute Gasteiger partial charge is 0.407 e. The molecule has 4 amide bonds. The first-order valence-corrected chi connectivity index (χ1v) is 20.2. The number of carbonyl (C=O) groups is 4. The molecule has 0 bridgehead atoms. The second-order valence-corrected chi connectivity index (χ2v) is 14.9. The molecule has 3 N–H and O–H groups in total. The number of nitrogens with one attached hydrogen (secondary N) is 3. The van der Waals surface area contributed by atoms with Crippen molar-refractivity contribution in [3.63, 3.8) is 0 Å². The first-order valence-electron chi connectivity index (χ1n) is 20.2. The van der Waals surface area contributed by atoms with Crippen LogP contribution >= 0.6 is 0 Å². The van der Waals surface area contributed by atoms with Crippen molar-refractivity contribution in [3.8, 4) is 22.4 Å². The summed E-state index contributed by atoms with van der Waals surface area (Å²) in [6.07, 6.45) is 10.1. The molecule has 13 heteroatoms. The van der Waals surface area contributed by atoms with Crippen molar-refractivity contribution < 1.29 is 28.7 Å². The summed E-state index contributed by atoms with van der Waals surface area (Å²) < 4.78 is 10.4. The van der Waals surface area contributed by atoms with Gasteiger partial charge in [-0.25, -0.2) is 14.6 Å². The van der Waals surface area contributed by atoms with E-state index in [4.69, 9.17) is 14.5 Å². The van der Waals surface area contributed by atoms with Crippen molar-refractivity contribution in [2.75, 3.05) is 26.3 Å². The molecule has 1 aromatic heterocycles. The summed E-state index contributed by atoms with van der Waals surface area (Å²) in [5.74, 6) is 0.462.